The molecule has 0 aromatic heterocycles. The van der Waals surface area contributed by atoms with E-state index in [-0.39, 0.29) is 28.5 Å². The van der Waals surface area contributed by atoms with Crippen LogP contribution in [0.4, 0.5) is 11.4 Å². The lowest BCUT2D eigenvalue weighted by atomic mass is 10.1. The summed E-state index contributed by atoms with van der Waals surface area (Å²) in [5.74, 6) is -0.314. The number of hydrogen-bond acceptors (Lipinski definition) is 6. The van der Waals surface area contributed by atoms with Crippen LogP contribution in [0.5, 0.6) is 0 Å². The third-order valence-electron chi connectivity index (χ3n) is 3.54. The summed E-state index contributed by atoms with van der Waals surface area (Å²) in [6, 6.07) is 9.92. The number of halogens is 1. The highest BCUT2D eigenvalue weighted by atomic mass is 79.9. The average Bonchev–Trinajstić information content (AvgIpc) is 2.60. The number of ketones is 1. The van der Waals surface area contributed by atoms with Gasteiger partial charge in [0.15, 0.2) is 5.78 Å². The van der Waals surface area contributed by atoms with Gasteiger partial charge in [-0.25, -0.2) is 12.7 Å². The highest BCUT2D eigenvalue weighted by molar-refractivity contribution is 9.10. The number of nitro groups is 1. The Morgan fingerprint density at radius 3 is 2.50 bits per heavy atom. The molecule has 1 N–H and O–H groups in total. The number of hydrogen-bond donors (Lipinski definition) is 1. The van der Waals surface area contributed by atoms with Crippen molar-refractivity contribution in [3.63, 3.8) is 0 Å². The molecule has 0 spiro atoms. The number of nitro benzene ring substituents is 1. The second-order valence-corrected chi connectivity index (χ2v) is 8.52. The summed E-state index contributed by atoms with van der Waals surface area (Å²) in [6.07, 6.45) is 0. The second-order valence-electron chi connectivity index (χ2n) is 5.51. The number of carbonyl (C=O) groups excluding carboxylic acids is 1. The molecular formula is C16H16BrN3O5S. The second kappa shape index (κ2) is 7.94. The van der Waals surface area contributed by atoms with E-state index in [1.165, 1.54) is 56.6 Å². The zero-order chi connectivity index (χ0) is 19.5. The molecule has 0 bridgehead atoms. The third-order valence-corrected chi connectivity index (χ3v) is 6.00. The molecule has 0 fully saturated rings. The van der Waals surface area contributed by atoms with Crippen LogP contribution in [0.3, 0.4) is 0 Å². The molecule has 0 radical (unpaired) electrons. The minimum absolute atomic E-state index is 0.0323. The summed E-state index contributed by atoms with van der Waals surface area (Å²) < 4.78 is 25.8. The molecule has 0 unspecified atom stereocenters. The number of sulfonamides is 1. The highest BCUT2D eigenvalue weighted by Crippen LogP contribution is 2.27. The molecule has 0 aliphatic heterocycles. The molecule has 0 heterocycles. The molecule has 0 amide bonds. The lowest BCUT2D eigenvalue weighted by Crippen LogP contribution is -2.22. The van der Waals surface area contributed by atoms with Crippen LogP contribution in [0.2, 0.25) is 0 Å². The van der Waals surface area contributed by atoms with Crippen molar-refractivity contribution in [3.05, 3.63) is 62.6 Å². The van der Waals surface area contributed by atoms with E-state index in [4.69, 9.17) is 0 Å². The van der Waals surface area contributed by atoms with Crippen LogP contribution in [-0.4, -0.2) is 44.1 Å². The third kappa shape index (κ3) is 4.45. The van der Waals surface area contributed by atoms with Gasteiger partial charge in [-0.3, -0.25) is 14.9 Å². The van der Waals surface area contributed by atoms with Crippen molar-refractivity contribution in [2.45, 2.75) is 4.90 Å². The summed E-state index contributed by atoms with van der Waals surface area (Å²) in [4.78, 5) is 22.6. The van der Waals surface area contributed by atoms with E-state index in [2.05, 4.69) is 21.2 Å². The number of nitrogens with one attached hydrogen (secondary N) is 1. The standard InChI is InChI=1S/C16H16BrN3O5S/c1-19(2)26(24,25)13-5-3-4-11(8-13)16(21)10-18-15-7-6-12(20(22)23)9-14(15)17/h3-9,18H,10H2,1-2H3. The summed E-state index contributed by atoms with van der Waals surface area (Å²) in [5, 5.41) is 13.6. The Bertz CT molecular complexity index is 960. The van der Waals surface area contributed by atoms with Gasteiger partial charge in [0.05, 0.1) is 16.4 Å². The predicted octanol–water partition coefficient (Wildman–Crippen LogP) is 2.90. The van der Waals surface area contributed by atoms with Crippen LogP contribution in [0.1, 0.15) is 10.4 Å². The fraction of sp³-hybridized carbons (Fsp3) is 0.188. The summed E-state index contributed by atoms with van der Waals surface area (Å²) >= 11 is 3.21. The van der Waals surface area contributed by atoms with Gasteiger partial charge < -0.3 is 5.32 Å². The van der Waals surface area contributed by atoms with E-state index in [1.54, 1.807) is 0 Å². The van der Waals surface area contributed by atoms with Crippen molar-refractivity contribution in [3.8, 4) is 0 Å². The SMILES string of the molecule is CN(C)S(=O)(=O)c1cccc(C(=O)CNc2ccc([N+](=O)[O-])cc2Br)c1. The molecule has 2 rings (SSSR count). The normalized spacial score (nSPS) is 11.4. The number of rotatable bonds is 7. The Balaban J connectivity index is 2.15. The van der Waals surface area contributed by atoms with Gasteiger partial charge in [0, 0.05) is 42.0 Å². The minimum atomic E-state index is -3.63. The Morgan fingerprint density at radius 1 is 1.23 bits per heavy atom. The first-order valence-corrected chi connectivity index (χ1v) is 9.60. The number of non-ortho nitro benzene ring substituents is 1. The Morgan fingerprint density at radius 2 is 1.92 bits per heavy atom. The predicted molar refractivity (Wildman–Crippen MR) is 101 cm³/mol. The molecule has 10 heteroatoms. The molecule has 0 atom stereocenters. The van der Waals surface area contributed by atoms with Crippen LogP contribution >= 0.6 is 15.9 Å². The molecule has 0 saturated heterocycles. The Hall–Kier alpha value is -2.30. The van der Waals surface area contributed by atoms with Gasteiger partial charge in [0.25, 0.3) is 5.69 Å². The van der Waals surface area contributed by atoms with Gasteiger partial charge in [0.1, 0.15) is 0 Å². The molecular weight excluding hydrogens is 426 g/mol. The summed E-state index contributed by atoms with van der Waals surface area (Å²) in [7, 11) is -0.802. The molecule has 138 valence electrons. The van der Waals surface area contributed by atoms with Gasteiger partial charge >= 0.3 is 0 Å². The first-order valence-electron chi connectivity index (χ1n) is 7.36. The number of nitrogens with zero attached hydrogens (tertiary/aromatic N) is 2. The van der Waals surface area contributed by atoms with Crippen molar-refractivity contribution in [1.82, 2.24) is 4.31 Å². The number of anilines is 1. The number of benzene rings is 2. The molecule has 0 aliphatic carbocycles. The van der Waals surface area contributed by atoms with E-state index in [0.717, 1.165) is 4.31 Å². The minimum Gasteiger partial charge on any atom is -0.377 e. The maximum Gasteiger partial charge on any atom is 0.270 e. The fourth-order valence-corrected chi connectivity index (χ4v) is 3.53. The maximum atomic E-state index is 12.4. The first kappa shape index (κ1) is 20.0. The fourth-order valence-electron chi connectivity index (χ4n) is 2.08. The monoisotopic (exact) mass is 441 g/mol. The molecule has 8 nitrogen and oxygen atoms in total. The highest BCUT2D eigenvalue weighted by Gasteiger charge is 2.19. The van der Waals surface area contributed by atoms with Gasteiger partial charge in [-0.15, -0.1) is 0 Å². The summed E-state index contributed by atoms with van der Waals surface area (Å²) in [5.41, 5.74) is 0.690. The molecule has 2 aromatic rings. The maximum absolute atomic E-state index is 12.4. The van der Waals surface area contributed by atoms with Crippen LogP contribution in [0.15, 0.2) is 51.8 Å². The lowest BCUT2D eigenvalue weighted by Gasteiger charge is -2.12. The van der Waals surface area contributed by atoms with Crippen LogP contribution in [0.25, 0.3) is 0 Å². The van der Waals surface area contributed by atoms with Gasteiger partial charge in [-0.2, -0.15) is 0 Å². The Kier molecular flexibility index (Phi) is 6.11. The first-order chi connectivity index (χ1) is 12.1. The molecule has 0 aliphatic rings. The van der Waals surface area contributed by atoms with Crippen LogP contribution < -0.4 is 5.32 Å². The van der Waals surface area contributed by atoms with E-state index in [1.807, 2.05) is 0 Å². The molecule has 0 saturated carbocycles. The van der Waals surface area contributed by atoms with Gasteiger partial charge in [0.2, 0.25) is 10.0 Å². The van der Waals surface area contributed by atoms with E-state index in [9.17, 15) is 23.3 Å². The lowest BCUT2D eigenvalue weighted by molar-refractivity contribution is -0.384. The van der Waals surface area contributed by atoms with E-state index >= 15 is 0 Å². The van der Waals surface area contributed by atoms with Crippen LogP contribution in [-0.2, 0) is 10.0 Å². The number of carbonyl (C=O) groups is 1. The van der Waals surface area contributed by atoms with Crippen molar-refractivity contribution in [2.75, 3.05) is 26.0 Å². The van der Waals surface area contributed by atoms with Gasteiger partial charge in [-0.1, -0.05) is 12.1 Å². The number of Topliss-reactive ketones (excluding diaryl/α,β-unsaturated/α-hetero) is 1. The van der Waals surface area contributed by atoms with Crippen molar-refractivity contribution in [1.29, 1.82) is 0 Å². The molecule has 2 aromatic carbocycles. The zero-order valence-electron chi connectivity index (χ0n) is 14.0. The zero-order valence-corrected chi connectivity index (χ0v) is 16.4. The van der Waals surface area contributed by atoms with Gasteiger partial charge in [-0.05, 0) is 34.1 Å². The molecule has 26 heavy (non-hydrogen) atoms. The van der Waals surface area contributed by atoms with E-state index < -0.39 is 14.9 Å². The van der Waals surface area contributed by atoms with E-state index in [0.29, 0.717) is 10.2 Å². The topological polar surface area (TPSA) is 110 Å². The van der Waals surface area contributed by atoms with Crippen LogP contribution in [0, 0.1) is 10.1 Å². The average molecular weight is 442 g/mol. The quantitative estimate of drug-likeness (QED) is 0.401. The van der Waals surface area contributed by atoms with Crippen molar-refractivity contribution >= 4 is 43.1 Å². The largest absolute Gasteiger partial charge is 0.377 e. The Labute approximate surface area is 159 Å². The van der Waals surface area contributed by atoms with Crippen molar-refractivity contribution < 1.29 is 18.1 Å². The van der Waals surface area contributed by atoms with Crippen molar-refractivity contribution in [2.24, 2.45) is 0 Å². The summed E-state index contributed by atoms with van der Waals surface area (Å²) in [6.45, 7) is -0.0954. The smallest absolute Gasteiger partial charge is 0.270 e.